The van der Waals surface area contributed by atoms with Crippen LogP contribution in [0.5, 0.6) is 0 Å². The SMILES string of the molecule is C=CCn1c(-c2cnc3onc(C)c3c2)nnc1N1CCCC(CC)C1. The lowest BCUT2D eigenvalue weighted by atomic mass is 9.96. The van der Waals surface area contributed by atoms with Crippen LogP contribution in [0.25, 0.3) is 22.5 Å². The van der Waals surface area contributed by atoms with Crippen molar-refractivity contribution >= 4 is 17.0 Å². The molecule has 26 heavy (non-hydrogen) atoms. The van der Waals surface area contributed by atoms with E-state index in [1.165, 1.54) is 19.3 Å². The summed E-state index contributed by atoms with van der Waals surface area (Å²) < 4.78 is 7.34. The van der Waals surface area contributed by atoms with Crippen LogP contribution in [0.15, 0.2) is 29.4 Å². The van der Waals surface area contributed by atoms with Crippen LogP contribution in [0.3, 0.4) is 0 Å². The Morgan fingerprint density at radius 2 is 2.27 bits per heavy atom. The molecule has 0 radical (unpaired) electrons. The highest BCUT2D eigenvalue weighted by Gasteiger charge is 2.24. The molecule has 7 nitrogen and oxygen atoms in total. The Labute approximate surface area is 152 Å². The fourth-order valence-electron chi connectivity index (χ4n) is 3.69. The number of aryl methyl sites for hydroxylation is 1. The predicted molar refractivity (Wildman–Crippen MR) is 101 cm³/mol. The molecule has 1 saturated heterocycles. The smallest absolute Gasteiger partial charge is 0.257 e. The second-order valence-corrected chi connectivity index (χ2v) is 6.93. The maximum atomic E-state index is 5.21. The maximum Gasteiger partial charge on any atom is 0.257 e. The van der Waals surface area contributed by atoms with E-state index in [4.69, 9.17) is 4.52 Å². The Balaban J connectivity index is 1.75. The summed E-state index contributed by atoms with van der Waals surface area (Å²) in [5.74, 6) is 2.44. The Morgan fingerprint density at radius 1 is 1.38 bits per heavy atom. The summed E-state index contributed by atoms with van der Waals surface area (Å²) in [5.41, 5.74) is 2.28. The van der Waals surface area contributed by atoms with Gasteiger partial charge >= 0.3 is 0 Å². The van der Waals surface area contributed by atoms with Gasteiger partial charge in [0.25, 0.3) is 5.71 Å². The molecular formula is C19H24N6O. The van der Waals surface area contributed by atoms with E-state index in [-0.39, 0.29) is 0 Å². The lowest BCUT2D eigenvalue weighted by Gasteiger charge is -2.33. The van der Waals surface area contributed by atoms with Crippen molar-refractivity contribution in [3.8, 4) is 11.4 Å². The second-order valence-electron chi connectivity index (χ2n) is 6.93. The van der Waals surface area contributed by atoms with E-state index in [1.54, 1.807) is 6.20 Å². The molecule has 1 aliphatic rings. The standard InChI is InChI=1S/C19H24N6O/c1-4-8-25-17(15-10-16-13(3)23-26-18(16)20-11-15)21-22-19(25)24-9-6-7-14(5-2)12-24/h4,10-11,14H,1,5-9,12H2,2-3H3. The van der Waals surface area contributed by atoms with E-state index in [1.807, 2.05) is 19.1 Å². The van der Waals surface area contributed by atoms with Crippen molar-refractivity contribution in [2.24, 2.45) is 5.92 Å². The number of pyridine rings is 1. The summed E-state index contributed by atoms with van der Waals surface area (Å²) in [6.45, 7) is 10.8. The van der Waals surface area contributed by atoms with Crippen molar-refractivity contribution in [1.82, 2.24) is 24.9 Å². The number of nitrogens with zero attached hydrogens (tertiary/aromatic N) is 6. The van der Waals surface area contributed by atoms with Gasteiger partial charge in [-0.2, -0.15) is 0 Å². The highest BCUT2D eigenvalue weighted by molar-refractivity contribution is 5.80. The van der Waals surface area contributed by atoms with Crippen LogP contribution in [0.4, 0.5) is 5.95 Å². The minimum atomic E-state index is 0.545. The second kappa shape index (κ2) is 6.90. The minimum Gasteiger partial charge on any atom is -0.341 e. The molecule has 4 rings (SSSR count). The van der Waals surface area contributed by atoms with Gasteiger partial charge in [-0.25, -0.2) is 4.98 Å². The molecule has 1 atom stereocenters. The van der Waals surface area contributed by atoms with Crippen LogP contribution in [0.1, 0.15) is 31.9 Å². The molecule has 0 amide bonds. The number of allylic oxidation sites excluding steroid dienone is 1. The van der Waals surface area contributed by atoms with E-state index >= 15 is 0 Å². The molecule has 0 N–H and O–H groups in total. The summed E-state index contributed by atoms with van der Waals surface area (Å²) in [6.07, 6.45) is 7.34. The van der Waals surface area contributed by atoms with Gasteiger partial charge < -0.3 is 9.42 Å². The van der Waals surface area contributed by atoms with Gasteiger partial charge in [0, 0.05) is 31.4 Å². The van der Waals surface area contributed by atoms with Gasteiger partial charge in [-0.15, -0.1) is 16.8 Å². The van der Waals surface area contributed by atoms with Crippen molar-refractivity contribution in [2.75, 3.05) is 18.0 Å². The summed E-state index contributed by atoms with van der Waals surface area (Å²) in [5, 5.41) is 13.9. The van der Waals surface area contributed by atoms with E-state index in [2.05, 4.69) is 43.3 Å². The van der Waals surface area contributed by atoms with Crippen LogP contribution >= 0.6 is 0 Å². The molecule has 7 heteroatoms. The monoisotopic (exact) mass is 352 g/mol. The van der Waals surface area contributed by atoms with Crippen LogP contribution in [0, 0.1) is 12.8 Å². The van der Waals surface area contributed by atoms with Crippen LogP contribution in [-0.4, -0.2) is 38.0 Å². The average Bonchev–Trinajstić information content (AvgIpc) is 3.26. The minimum absolute atomic E-state index is 0.545. The van der Waals surface area contributed by atoms with Gasteiger partial charge in [0.05, 0.1) is 11.1 Å². The number of piperidine rings is 1. The summed E-state index contributed by atoms with van der Waals surface area (Å²) in [6, 6.07) is 2.02. The van der Waals surface area contributed by atoms with Crippen LogP contribution in [-0.2, 0) is 6.54 Å². The number of rotatable bonds is 5. The van der Waals surface area contributed by atoms with Gasteiger partial charge in [-0.3, -0.25) is 4.57 Å². The van der Waals surface area contributed by atoms with Gasteiger partial charge in [0.1, 0.15) is 0 Å². The first kappa shape index (κ1) is 16.8. The average molecular weight is 352 g/mol. The number of fused-ring (bicyclic) bond motifs is 1. The van der Waals surface area contributed by atoms with Crippen molar-refractivity contribution in [2.45, 2.75) is 39.7 Å². The molecule has 3 aromatic heterocycles. The van der Waals surface area contributed by atoms with Gasteiger partial charge in [-0.05, 0) is 31.7 Å². The number of aromatic nitrogens is 5. The summed E-state index contributed by atoms with van der Waals surface area (Å²) >= 11 is 0. The molecule has 1 aliphatic heterocycles. The fraction of sp³-hybridized carbons (Fsp3) is 0.474. The van der Waals surface area contributed by atoms with E-state index in [0.717, 1.165) is 47.4 Å². The van der Waals surface area contributed by atoms with Gasteiger partial charge in [0.15, 0.2) is 5.82 Å². The zero-order chi connectivity index (χ0) is 18.1. The van der Waals surface area contributed by atoms with Gasteiger partial charge in [-0.1, -0.05) is 24.6 Å². The lowest BCUT2D eigenvalue weighted by Crippen LogP contribution is -2.37. The topological polar surface area (TPSA) is 72.9 Å². The van der Waals surface area contributed by atoms with E-state index in [9.17, 15) is 0 Å². The Bertz CT molecular complexity index is 927. The third-order valence-corrected chi connectivity index (χ3v) is 5.19. The first-order chi connectivity index (χ1) is 12.7. The predicted octanol–water partition coefficient (Wildman–Crippen LogP) is 3.60. The van der Waals surface area contributed by atoms with Crippen molar-refractivity contribution in [3.05, 3.63) is 30.6 Å². The van der Waals surface area contributed by atoms with Crippen molar-refractivity contribution < 1.29 is 4.52 Å². The zero-order valence-electron chi connectivity index (χ0n) is 15.4. The molecule has 1 unspecified atom stereocenters. The van der Waals surface area contributed by atoms with Gasteiger partial charge in [0.2, 0.25) is 5.95 Å². The number of hydrogen-bond acceptors (Lipinski definition) is 6. The normalized spacial score (nSPS) is 17.8. The molecule has 0 aromatic carbocycles. The quantitative estimate of drug-likeness (QED) is 0.653. The fourth-order valence-corrected chi connectivity index (χ4v) is 3.69. The largest absolute Gasteiger partial charge is 0.341 e. The van der Waals surface area contributed by atoms with Crippen LogP contribution < -0.4 is 4.90 Å². The lowest BCUT2D eigenvalue weighted by molar-refractivity contribution is 0.398. The number of anilines is 1. The van der Waals surface area contributed by atoms with E-state index in [0.29, 0.717) is 12.3 Å². The molecule has 0 saturated carbocycles. The molecule has 3 aromatic rings. The number of hydrogen-bond donors (Lipinski definition) is 0. The third kappa shape index (κ3) is 2.87. The Kier molecular flexibility index (Phi) is 4.44. The van der Waals surface area contributed by atoms with E-state index < -0.39 is 0 Å². The maximum absolute atomic E-state index is 5.21. The van der Waals surface area contributed by atoms with Crippen molar-refractivity contribution in [3.63, 3.8) is 0 Å². The summed E-state index contributed by atoms with van der Waals surface area (Å²) in [4.78, 5) is 6.73. The molecule has 136 valence electrons. The highest BCUT2D eigenvalue weighted by Crippen LogP contribution is 2.29. The molecule has 0 spiro atoms. The molecule has 0 bridgehead atoms. The van der Waals surface area contributed by atoms with Crippen LogP contribution in [0.2, 0.25) is 0 Å². The third-order valence-electron chi connectivity index (χ3n) is 5.19. The molecule has 1 fully saturated rings. The summed E-state index contributed by atoms with van der Waals surface area (Å²) in [7, 11) is 0. The van der Waals surface area contributed by atoms with Crippen molar-refractivity contribution in [1.29, 1.82) is 0 Å². The Hall–Kier alpha value is -2.70. The first-order valence-corrected chi connectivity index (χ1v) is 9.22. The molecule has 0 aliphatic carbocycles. The zero-order valence-corrected chi connectivity index (χ0v) is 15.4. The molecule has 4 heterocycles. The first-order valence-electron chi connectivity index (χ1n) is 9.22. The highest BCUT2D eigenvalue weighted by atomic mass is 16.5. The molecular weight excluding hydrogens is 328 g/mol. The Morgan fingerprint density at radius 3 is 3.08 bits per heavy atom.